The zero-order valence-electron chi connectivity index (χ0n) is 14.5. The van der Waals surface area contributed by atoms with E-state index in [1.54, 1.807) is 0 Å². The molecule has 3 aromatic rings. The van der Waals surface area contributed by atoms with Crippen molar-refractivity contribution in [1.29, 1.82) is 0 Å². The standard InChI is InChI=1S/C21H21N3O2/c25-21(23-9-11-26-12-10-23)19-8-4-7-18(13-19)20-14-22-24(16-20)15-17-5-2-1-3-6-17/h1-8,13-14,16H,9-12,15H2. The highest BCUT2D eigenvalue weighted by molar-refractivity contribution is 5.95. The zero-order chi connectivity index (χ0) is 17.8. The molecule has 1 amide bonds. The van der Waals surface area contributed by atoms with Crippen molar-refractivity contribution in [2.24, 2.45) is 0 Å². The fraction of sp³-hybridized carbons (Fsp3) is 0.238. The Kier molecular flexibility index (Phi) is 4.80. The Morgan fingerprint density at radius 1 is 1.00 bits per heavy atom. The number of rotatable bonds is 4. The molecule has 1 aliphatic heterocycles. The van der Waals surface area contributed by atoms with Crippen LogP contribution in [-0.4, -0.2) is 46.9 Å². The molecule has 26 heavy (non-hydrogen) atoms. The van der Waals surface area contributed by atoms with E-state index in [0.29, 0.717) is 31.9 Å². The highest BCUT2D eigenvalue weighted by Gasteiger charge is 2.18. The second kappa shape index (κ2) is 7.54. The van der Waals surface area contributed by atoms with Crippen LogP contribution in [0, 0.1) is 0 Å². The molecule has 0 spiro atoms. The maximum absolute atomic E-state index is 12.7. The molecule has 2 aromatic carbocycles. The summed E-state index contributed by atoms with van der Waals surface area (Å²) >= 11 is 0. The lowest BCUT2D eigenvalue weighted by atomic mass is 10.1. The minimum Gasteiger partial charge on any atom is -0.378 e. The number of benzene rings is 2. The second-order valence-corrected chi connectivity index (χ2v) is 6.40. The van der Waals surface area contributed by atoms with Crippen molar-refractivity contribution in [2.45, 2.75) is 6.54 Å². The number of aromatic nitrogens is 2. The van der Waals surface area contributed by atoms with E-state index in [9.17, 15) is 4.79 Å². The molecular formula is C21H21N3O2. The van der Waals surface area contributed by atoms with Crippen LogP contribution in [0.5, 0.6) is 0 Å². The Bertz CT molecular complexity index is 883. The molecule has 4 rings (SSSR count). The monoisotopic (exact) mass is 347 g/mol. The Labute approximate surface area is 152 Å². The number of hydrogen-bond donors (Lipinski definition) is 0. The third-order valence-corrected chi connectivity index (χ3v) is 4.56. The molecule has 132 valence electrons. The summed E-state index contributed by atoms with van der Waals surface area (Å²) in [4.78, 5) is 14.5. The van der Waals surface area contributed by atoms with Gasteiger partial charge in [-0.15, -0.1) is 0 Å². The van der Waals surface area contributed by atoms with E-state index in [2.05, 4.69) is 17.2 Å². The highest BCUT2D eigenvalue weighted by Crippen LogP contribution is 2.21. The molecule has 0 atom stereocenters. The number of carbonyl (C=O) groups excluding carboxylic acids is 1. The normalized spacial score (nSPS) is 14.4. The van der Waals surface area contributed by atoms with Crippen molar-refractivity contribution in [2.75, 3.05) is 26.3 Å². The fourth-order valence-electron chi connectivity index (χ4n) is 3.15. The molecule has 0 unspecified atom stereocenters. The van der Waals surface area contributed by atoms with Gasteiger partial charge in [-0.05, 0) is 23.3 Å². The maximum atomic E-state index is 12.7. The van der Waals surface area contributed by atoms with Crippen LogP contribution < -0.4 is 0 Å². The van der Waals surface area contributed by atoms with Crippen LogP contribution >= 0.6 is 0 Å². The summed E-state index contributed by atoms with van der Waals surface area (Å²) in [6, 6.07) is 18.0. The van der Waals surface area contributed by atoms with E-state index in [1.807, 2.05) is 64.4 Å². The van der Waals surface area contributed by atoms with Crippen LogP contribution in [0.25, 0.3) is 11.1 Å². The Balaban J connectivity index is 1.52. The highest BCUT2D eigenvalue weighted by atomic mass is 16.5. The molecule has 1 aromatic heterocycles. The van der Waals surface area contributed by atoms with Gasteiger partial charge in [0.1, 0.15) is 0 Å². The molecule has 0 saturated carbocycles. The van der Waals surface area contributed by atoms with Crippen LogP contribution in [0.2, 0.25) is 0 Å². The van der Waals surface area contributed by atoms with Gasteiger partial charge in [0.15, 0.2) is 0 Å². The van der Waals surface area contributed by atoms with Crippen molar-refractivity contribution in [3.63, 3.8) is 0 Å². The van der Waals surface area contributed by atoms with Gasteiger partial charge in [0.2, 0.25) is 0 Å². The van der Waals surface area contributed by atoms with Crippen molar-refractivity contribution >= 4 is 5.91 Å². The first-order valence-electron chi connectivity index (χ1n) is 8.83. The summed E-state index contributed by atoms with van der Waals surface area (Å²) in [5.74, 6) is 0.0619. The first-order chi connectivity index (χ1) is 12.8. The number of amides is 1. The first kappa shape index (κ1) is 16.5. The van der Waals surface area contributed by atoms with Crippen molar-refractivity contribution in [3.8, 4) is 11.1 Å². The molecule has 1 fully saturated rings. The molecule has 1 saturated heterocycles. The van der Waals surface area contributed by atoms with Crippen LogP contribution in [0.1, 0.15) is 15.9 Å². The SMILES string of the molecule is O=C(c1cccc(-c2cnn(Cc3ccccc3)c2)c1)N1CCOCC1. The van der Waals surface area contributed by atoms with E-state index in [0.717, 1.165) is 17.7 Å². The van der Waals surface area contributed by atoms with Gasteiger partial charge in [0, 0.05) is 30.4 Å². The van der Waals surface area contributed by atoms with Crippen molar-refractivity contribution < 1.29 is 9.53 Å². The molecule has 0 aliphatic carbocycles. The minimum atomic E-state index is 0.0619. The lowest BCUT2D eigenvalue weighted by Gasteiger charge is -2.27. The zero-order valence-corrected chi connectivity index (χ0v) is 14.5. The van der Waals surface area contributed by atoms with E-state index in [4.69, 9.17) is 4.74 Å². The Hall–Kier alpha value is -2.92. The van der Waals surface area contributed by atoms with Gasteiger partial charge in [-0.25, -0.2) is 0 Å². The van der Waals surface area contributed by atoms with E-state index in [1.165, 1.54) is 5.56 Å². The van der Waals surface area contributed by atoms with Crippen molar-refractivity contribution in [1.82, 2.24) is 14.7 Å². The minimum absolute atomic E-state index is 0.0619. The molecule has 2 heterocycles. The van der Waals surface area contributed by atoms with Crippen LogP contribution in [0.15, 0.2) is 67.0 Å². The molecule has 5 nitrogen and oxygen atoms in total. The first-order valence-corrected chi connectivity index (χ1v) is 8.83. The lowest BCUT2D eigenvalue weighted by molar-refractivity contribution is 0.0303. The van der Waals surface area contributed by atoms with E-state index in [-0.39, 0.29) is 5.91 Å². The molecule has 1 aliphatic rings. The van der Waals surface area contributed by atoms with Gasteiger partial charge < -0.3 is 9.64 Å². The summed E-state index contributed by atoms with van der Waals surface area (Å²) in [5, 5.41) is 4.46. The Morgan fingerprint density at radius 2 is 1.81 bits per heavy atom. The maximum Gasteiger partial charge on any atom is 0.254 e. The van der Waals surface area contributed by atoms with Gasteiger partial charge in [-0.1, -0.05) is 42.5 Å². The average molecular weight is 347 g/mol. The molecule has 0 bridgehead atoms. The van der Waals surface area contributed by atoms with Gasteiger partial charge in [0.05, 0.1) is 26.0 Å². The Morgan fingerprint density at radius 3 is 2.62 bits per heavy atom. The largest absolute Gasteiger partial charge is 0.378 e. The average Bonchev–Trinajstić information content (AvgIpc) is 3.17. The molecular weight excluding hydrogens is 326 g/mol. The van der Waals surface area contributed by atoms with Crippen LogP contribution in [0.4, 0.5) is 0 Å². The number of nitrogens with zero attached hydrogens (tertiary/aromatic N) is 3. The fourth-order valence-corrected chi connectivity index (χ4v) is 3.15. The summed E-state index contributed by atoms with van der Waals surface area (Å²) in [6.45, 7) is 3.25. The summed E-state index contributed by atoms with van der Waals surface area (Å²) < 4.78 is 7.24. The summed E-state index contributed by atoms with van der Waals surface area (Å²) in [5.41, 5.74) is 3.93. The third-order valence-electron chi connectivity index (χ3n) is 4.56. The topological polar surface area (TPSA) is 47.4 Å². The van der Waals surface area contributed by atoms with Crippen LogP contribution in [-0.2, 0) is 11.3 Å². The number of hydrogen-bond acceptors (Lipinski definition) is 3. The van der Waals surface area contributed by atoms with Crippen molar-refractivity contribution in [3.05, 3.63) is 78.1 Å². The summed E-state index contributed by atoms with van der Waals surface area (Å²) in [7, 11) is 0. The van der Waals surface area contributed by atoms with E-state index >= 15 is 0 Å². The molecule has 5 heteroatoms. The number of morpholine rings is 1. The molecule has 0 radical (unpaired) electrons. The predicted molar refractivity (Wildman–Crippen MR) is 99.9 cm³/mol. The quantitative estimate of drug-likeness (QED) is 0.729. The number of carbonyl (C=O) groups is 1. The lowest BCUT2D eigenvalue weighted by Crippen LogP contribution is -2.40. The summed E-state index contributed by atoms with van der Waals surface area (Å²) in [6.07, 6.45) is 3.87. The second-order valence-electron chi connectivity index (χ2n) is 6.40. The number of ether oxygens (including phenoxy) is 1. The van der Waals surface area contributed by atoms with E-state index < -0.39 is 0 Å². The van der Waals surface area contributed by atoms with Gasteiger partial charge in [-0.2, -0.15) is 5.10 Å². The molecule has 0 N–H and O–H groups in total. The van der Waals surface area contributed by atoms with Gasteiger partial charge in [0.25, 0.3) is 5.91 Å². The smallest absolute Gasteiger partial charge is 0.254 e. The van der Waals surface area contributed by atoms with Gasteiger partial charge >= 0.3 is 0 Å². The third kappa shape index (κ3) is 3.68. The predicted octanol–water partition coefficient (Wildman–Crippen LogP) is 3.07. The van der Waals surface area contributed by atoms with Crippen LogP contribution in [0.3, 0.4) is 0 Å². The van der Waals surface area contributed by atoms with Gasteiger partial charge in [-0.3, -0.25) is 9.48 Å².